The Bertz CT molecular complexity index is 3350. The van der Waals surface area contributed by atoms with Gasteiger partial charge in [-0.15, -0.1) is 0 Å². The van der Waals surface area contributed by atoms with Crippen LogP contribution in [0.4, 0.5) is 8.78 Å². The Hall–Kier alpha value is -6.95. The van der Waals surface area contributed by atoms with Crippen molar-refractivity contribution in [3.63, 3.8) is 0 Å². The van der Waals surface area contributed by atoms with Crippen molar-refractivity contribution in [2.75, 3.05) is 13.2 Å². The summed E-state index contributed by atoms with van der Waals surface area (Å²) in [5.74, 6) is -0.912. The minimum absolute atomic E-state index is 0.0362. The Morgan fingerprint density at radius 1 is 0.985 bits per heavy atom. The fourth-order valence-corrected chi connectivity index (χ4v) is 10.5. The van der Waals surface area contributed by atoms with E-state index in [2.05, 4.69) is 35.2 Å². The molecule has 18 heteroatoms. The van der Waals surface area contributed by atoms with Gasteiger partial charge in [-0.25, -0.2) is 27.6 Å². The highest BCUT2D eigenvalue weighted by atomic mass is 19.1. The molecule has 0 spiro atoms. The van der Waals surface area contributed by atoms with Crippen LogP contribution in [-0.4, -0.2) is 78.0 Å². The van der Waals surface area contributed by atoms with E-state index in [9.17, 15) is 9.59 Å². The van der Waals surface area contributed by atoms with E-state index in [1.165, 1.54) is 27.6 Å². The molecular formula is C47H47F2N11O5. The van der Waals surface area contributed by atoms with Crippen molar-refractivity contribution in [3.8, 4) is 17.2 Å². The molecule has 1 N–H and O–H groups in total. The molecule has 2 aliphatic heterocycles. The Balaban J connectivity index is 1.03. The third kappa shape index (κ3) is 6.42. The summed E-state index contributed by atoms with van der Waals surface area (Å²) < 4.78 is 49.8. The van der Waals surface area contributed by atoms with E-state index in [0.717, 1.165) is 30.3 Å². The van der Waals surface area contributed by atoms with Crippen LogP contribution in [0.1, 0.15) is 102 Å². The fourth-order valence-electron chi connectivity index (χ4n) is 10.5. The SMILES string of the molecule is Cc1cc(-n2nc3c(c2-n2ccn(-c4ccc5c(cnn5C)c4F)c2=O)[C@H](C)N(C(=O)c2nn4cc(C[C@H]5CCOC(C)(C)C5)ccc4c2C2(c4noc(=O)[nH]4)CC2)CC3)cc(C)c1F. The summed E-state index contributed by atoms with van der Waals surface area (Å²) in [6.07, 6.45) is 10.7. The van der Waals surface area contributed by atoms with E-state index in [-0.39, 0.29) is 40.6 Å². The number of carbonyl (C=O) groups excluding carboxylic acids is 1. The molecule has 1 amide bonds. The molecule has 8 heterocycles. The molecular weight excluding hydrogens is 837 g/mol. The molecule has 1 saturated carbocycles. The van der Waals surface area contributed by atoms with Crippen LogP contribution in [0.25, 0.3) is 33.6 Å². The van der Waals surface area contributed by atoms with Crippen molar-refractivity contribution in [2.45, 2.75) is 90.2 Å². The molecule has 1 aliphatic carbocycles. The van der Waals surface area contributed by atoms with Gasteiger partial charge in [0.05, 0.1) is 56.7 Å². The first-order chi connectivity index (χ1) is 31.1. The molecule has 65 heavy (non-hydrogen) atoms. The number of carbonyl (C=O) groups is 1. The number of amides is 1. The summed E-state index contributed by atoms with van der Waals surface area (Å²) >= 11 is 0. The molecule has 16 nitrogen and oxygen atoms in total. The van der Waals surface area contributed by atoms with Gasteiger partial charge in [-0.05, 0) is 120 Å². The maximum absolute atomic E-state index is 16.1. The van der Waals surface area contributed by atoms with Crippen molar-refractivity contribution in [1.29, 1.82) is 0 Å². The largest absolute Gasteiger partial charge is 0.438 e. The monoisotopic (exact) mass is 883 g/mol. The molecule has 334 valence electrons. The van der Waals surface area contributed by atoms with Crippen molar-refractivity contribution in [3.05, 3.63) is 139 Å². The Kier molecular flexibility index (Phi) is 9.12. The predicted octanol–water partition coefficient (Wildman–Crippen LogP) is 6.51. The third-order valence-electron chi connectivity index (χ3n) is 13.8. The zero-order valence-electron chi connectivity index (χ0n) is 36.9. The highest BCUT2D eigenvalue weighted by molar-refractivity contribution is 5.97. The number of nitrogens with one attached hydrogen (secondary N) is 1. The van der Waals surface area contributed by atoms with Gasteiger partial charge in [-0.2, -0.15) is 15.3 Å². The zero-order valence-corrected chi connectivity index (χ0v) is 36.9. The van der Waals surface area contributed by atoms with Crippen LogP contribution < -0.4 is 11.4 Å². The van der Waals surface area contributed by atoms with Gasteiger partial charge in [0, 0.05) is 56.3 Å². The molecule has 0 unspecified atom stereocenters. The number of benzene rings is 2. The molecule has 6 aromatic heterocycles. The lowest BCUT2D eigenvalue weighted by Crippen LogP contribution is -2.40. The van der Waals surface area contributed by atoms with Crippen LogP contribution in [0, 0.1) is 31.4 Å². The Morgan fingerprint density at radius 2 is 1.74 bits per heavy atom. The molecule has 2 aromatic carbocycles. The van der Waals surface area contributed by atoms with E-state index < -0.39 is 28.7 Å². The van der Waals surface area contributed by atoms with Crippen molar-refractivity contribution in [1.82, 2.24) is 53.3 Å². The van der Waals surface area contributed by atoms with Gasteiger partial charge in [0.2, 0.25) is 0 Å². The number of hydrogen-bond donors (Lipinski definition) is 1. The Morgan fingerprint density at radius 3 is 2.46 bits per heavy atom. The molecule has 11 rings (SSSR count). The first-order valence-electron chi connectivity index (χ1n) is 22.0. The molecule has 1 saturated heterocycles. The quantitative estimate of drug-likeness (QED) is 0.179. The number of ether oxygens (including phenoxy) is 1. The number of aryl methyl sites for hydroxylation is 3. The topological polar surface area (TPSA) is 168 Å². The fraction of sp³-hybridized carbons (Fsp3) is 0.383. The molecule has 2 atom stereocenters. The molecule has 0 bridgehead atoms. The van der Waals surface area contributed by atoms with Crippen LogP contribution >= 0.6 is 0 Å². The lowest BCUT2D eigenvalue weighted by Gasteiger charge is -2.35. The summed E-state index contributed by atoms with van der Waals surface area (Å²) in [5, 5.41) is 18.6. The van der Waals surface area contributed by atoms with Gasteiger partial charge in [-0.3, -0.25) is 28.1 Å². The lowest BCUT2D eigenvalue weighted by atomic mass is 9.84. The van der Waals surface area contributed by atoms with Gasteiger partial charge >= 0.3 is 11.4 Å². The predicted molar refractivity (Wildman–Crippen MR) is 234 cm³/mol. The number of pyridine rings is 1. The number of aromatic amines is 1. The van der Waals surface area contributed by atoms with Crippen molar-refractivity contribution >= 4 is 22.3 Å². The van der Waals surface area contributed by atoms with E-state index in [1.54, 1.807) is 64.1 Å². The average molecular weight is 884 g/mol. The standard InChI is InChI=1S/C47H47F2N11O5/c1-25-19-30(20-26(2)38(25)48)60-41(58-17-16-57(45(58)63)35-10-9-33-31(39(35)49)23-50-55(33)6)36-27(3)56(15-11-32(36)52-60)42(61)40-37(47(13-14-47)43-51-44(62)65-54-43)34-8-7-29(24-59(34)53-40)21-28-12-18-64-46(4,5)22-28/h7-10,16-17,19-20,23-24,27-28H,11-15,18,21-22H2,1-6H3,(H,51,54,62)/t27-,28+/m0/s1. The van der Waals surface area contributed by atoms with Crippen LogP contribution in [0.2, 0.25) is 0 Å². The average Bonchev–Trinajstić information content (AvgIpc) is 3.72. The van der Waals surface area contributed by atoms with E-state index in [1.807, 2.05) is 19.2 Å². The second-order valence-corrected chi connectivity index (χ2v) is 18.6. The zero-order chi connectivity index (χ0) is 45.3. The summed E-state index contributed by atoms with van der Waals surface area (Å²) in [6.45, 7) is 10.4. The number of fused-ring (bicyclic) bond motifs is 3. The lowest BCUT2D eigenvalue weighted by molar-refractivity contribution is -0.0721. The minimum atomic E-state index is -0.811. The smallest absolute Gasteiger partial charge is 0.376 e. The van der Waals surface area contributed by atoms with E-state index in [4.69, 9.17) is 19.5 Å². The van der Waals surface area contributed by atoms with Gasteiger partial charge in [0.1, 0.15) is 11.6 Å². The van der Waals surface area contributed by atoms with Gasteiger partial charge < -0.3 is 9.64 Å². The van der Waals surface area contributed by atoms with Gasteiger partial charge in [-0.1, -0.05) is 11.2 Å². The van der Waals surface area contributed by atoms with Crippen LogP contribution in [-0.2, 0) is 30.0 Å². The number of hydrogen-bond acceptors (Lipinski definition) is 9. The molecule has 8 aromatic rings. The maximum atomic E-state index is 16.1. The summed E-state index contributed by atoms with van der Waals surface area (Å²) in [5.41, 5.74) is 4.21. The first-order valence-corrected chi connectivity index (χ1v) is 22.0. The van der Waals surface area contributed by atoms with Crippen molar-refractivity contribution < 1.29 is 22.8 Å². The number of nitrogens with zero attached hydrogens (tertiary/aromatic N) is 10. The van der Waals surface area contributed by atoms with Crippen LogP contribution in [0.3, 0.4) is 0 Å². The Labute approximate surface area is 370 Å². The normalized spacial score (nSPS) is 19.0. The summed E-state index contributed by atoms with van der Waals surface area (Å²) in [7, 11) is 1.71. The number of halogens is 2. The molecule has 2 fully saturated rings. The third-order valence-corrected chi connectivity index (χ3v) is 13.8. The van der Waals surface area contributed by atoms with Crippen molar-refractivity contribution in [2.24, 2.45) is 13.0 Å². The number of H-pyrrole nitrogens is 1. The van der Waals surface area contributed by atoms with E-state index >= 15 is 13.6 Å². The van der Waals surface area contributed by atoms with Gasteiger partial charge in [0.15, 0.2) is 17.3 Å². The van der Waals surface area contributed by atoms with E-state index in [0.29, 0.717) is 82.6 Å². The number of aromatic nitrogens is 10. The van der Waals surface area contributed by atoms with Gasteiger partial charge in [0.25, 0.3) is 5.91 Å². The first kappa shape index (κ1) is 40.8. The second kappa shape index (κ2) is 14.5. The minimum Gasteiger partial charge on any atom is -0.376 e. The molecule has 3 aliphatic rings. The van der Waals surface area contributed by atoms with Crippen LogP contribution in [0.15, 0.2) is 75.3 Å². The van der Waals surface area contributed by atoms with Crippen LogP contribution in [0.5, 0.6) is 0 Å². The highest BCUT2D eigenvalue weighted by Gasteiger charge is 2.54. The number of imidazole rings is 1. The highest BCUT2D eigenvalue weighted by Crippen LogP contribution is 2.55. The molecule has 0 radical (unpaired) electrons. The second-order valence-electron chi connectivity index (χ2n) is 18.6. The summed E-state index contributed by atoms with van der Waals surface area (Å²) in [6, 6.07) is 9.99. The number of rotatable bonds is 8. The maximum Gasteiger partial charge on any atom is 0.438 e. The summed E-state index contributed by atoms with van der Waals surface area (Å²) in [4.78, 5) is 46.8.